The van der Waals surface area contributed by atoms with Crippen LogP contribution in [0.25, 0.3) is 0 Å². The van der Waals surface area contributed by atoms with E-state index in [1.54, 1.807) is 6.92 Å². The van der Waals surface area contributed by atoms with E-state index in [1.165, 1.54) is 25.3 Å². The fourth-order valence-electron chi connectivity index (χ4n) is 4.23. The molecule has 8 heteroatoms. The molecule has 140 valence electrons. The first-order valence-corrected chi connectivity index (χ1v) is 8.14. The van der Waals surface area contributed by atoms with Crippen molar-refractivity contribution in [1.29, 1.82) is 0 Å². The van der Waals surface area contributed by atoms with E-state index < -0.39 is 40.9 Å². The van der Waals surface area contributed by atoms with E-state index in [-0.39, 0.29) is 29.7 Å². The highest BCUT2D eigenvalue weighted by atomic mass is 16.5. The van der Waals surface area contributed by atoms with Gasteiger partial charge in [-0.25, -0.2) is 4.79 Å². The molecule has 1 aromatic carbocycles. The van der Waals surface area contributed by atoms with Gasteiger partial charge in [0.25, 0.3) is 0 Å². The number of benzene rings is 1. The van der Waals surface area contributed by atoms with Crippen molar-refractivity contribution in [3.05, 3.63) is 29.3 Å². The van der Waals surface area contributed by atoms with Crippen LogP contribution in [0.5, 0.6) is 5.75 Å². The number of Topliss-reactive ketones (excluding diaryl/α,β-unsaturated/α-hetero) is 1. The van der Waals surface area contributed by atoms with Crippen LogP contribution in [0.4, 0.5) is 0 Å². The second-order valence-corrected chi connectivity index (χ2v) is 6.59. The Bertz CT molecular complexity index is 787. The lowest BCUT2D eigenvalue weighted by atomic mass is 9.66. The summed E-state index contributed by atoms with van der Waals surface area (Å²) < 4.78 is 15.1. The highest BCUT2D eigenvalue weighted by Gasteiger charge is 2.73. The van der Waals surface area contributed by atoms with Gasteiger partial charge in [0.15, 0.2) is 5.78 Å². The molecule has 2 N–H and O–H groups in total. The summed E-state index contributed by atoms with van der Waals surface area (Å²) in [5.41, 5.74) is -4.20. The summed E-state index contributed by atoms with van der Waals surface area (Å²) in [6.07, 6.45) is -1.85. The van der Waals surface area contributed by atoms with Gasteiger partial charge in [0, 0.05) is 5.56 Å². The van der Waals surface area contributed by atoms with Crippen molar-refractivity contribution in [3.63, 3.8) is 0 Å². The Kier molecular flexibility index (Phi) is 4.28. The third-order valence-corrected chi connectivity index (χ3v) is 5.45. The minimum atomic E-state index is -2.34. The van der Waals surface area contributed by atoms with Gasteiger partial charge in [-0.05, 0) is 19.4 Å². The number of fused-ring (bicyclic) bond motifs is 1. The summed E-state index contributed by atoms with van der Waals surface area (Å²) in [6.45, 7) is 1.55. The van der Waals surface area contributed by atoms with Crippen LogP contribution in [0.2, 0.25) is 0 Å². The molecule has 0 radical (unpaired) electrons. The molecule has 0 bridgehead atoms. The lowest BCUT2D eigenvalue weighted by molar-refractivity contribution is -0.179. The summed E-state index contributed by atoms with van der Waals surface area (Å²) in [5.74, 6) is -2.51. The number of carbonyl (C=O) groups is 3. The van der Waals surface area contributed by atoms with Crippen LogP contribution in [-0.2, 0) is 29.4 Å². The van der Waals surface area contributed by atoms with Crippen LogP contribution < -0.4 is 0 Å². The Morgan fingerprint density at radius 3 is 2.62 bits per heavy atom. The van der Waals surface area contributed by atoms with E-state index >= 15 is 0 Å². The summed E-state index contributed by atoms with van der Waals surface area (Å²) in [4.78, 5) is 37.5. The number of carbonyl (C=O) groups excluding carboxylic acids is 3. The minimum absolute atomic E-state index is 0.0245. The average molecular weight is 364 g/mol. The van der Waals surface area contributed by atoms with Gasteiger partial charge < -0.3 is 24.4 Å². The number of ketones is 1. The van der Waals surface area contributed by atoms with Crippen LogP contribution in [0.3, 0.4) is 0 Å². The number of ether oxygens (including phenoxy) is 3. The Balaban J connectivity index is 2.17. The fraction of sp³-hybridized carbons (Fsp3) is 0.500. The van der Waals surface area contributed by atoms with E-state index in [4.69, 9.17) is 9.47 Å². The SMILES string of the molecule is COC(=O)C[C@@H]1C[C@]2(C(=O)c3c(O)cccc3[C@@]2(O)C(=O)OC)[C@@H](C)O1. The maximum Gasteiger partial charge on any atom is 0.343 e. The Morgan fingerprint density at radius 1 is 1.31 bits per heavy atom. The molecule has 3 rings (SSSR count). The number of phenols is 1. The molecule has 0 aromatic heterocycles. The van der Waals surface area contributed by atoms with E-state index in [9.17, 15) is 24.6 Å². The number of hydrogen-bond acceptors (Lipinski definition) is 8. The lowest BCUT2D eigenvalue weighted by Gasteiger charge is -2.37. The van der Waals surface area contributed by atoms with Gasteiger partial charge in [-0.1, -0.05) is 12.1 Å². The molecule has 2 aliphatic rings. The first-order valence-electron chi connectivity index (χ1n) is 8.14. The summed E-state index contributed by atoms with van der Waals surface area (Å²) >= 11 is 0. The molecule has 8 nitrogen and oxygen atoms in total. The van der Waals surface area contributed by atoms with Gasteiger partial charge in [0.05, 0.1) is 38.4 Å². The lowest BCUT2D eigenvalue weighted by Crippen LogP contribution is -2.55. The van der Waals surface area contributed by atoms with Crippen molar-refractivity contribution < 1.29 is 38.8 Å². The van der Waals surface area contributed by atoms with Gasteiger partial charge >= 0.3 is 11.9 Å². The third kappa shape index (κ3) is 2.12. The van der Waals surface area contributed by atoms with Crippen LogP contribution in [0, 0.1) is 5.41 Å². The van der Waals surface area contributed by atoms with Crippen molar-refractivity contribution in [3.8, 4) is 5.75 Å². The minimum Gasteiger partial charge on any atom is -0.507 e. The standard InChI is InChI=1S/C18H20O8/c1-9-17(8-10(26-9)7-13(20)24-2)15(21)14-11(5-4-6-12(14)19)18(17,23)16(22)25-3/h4-6,9-10,19,23H,7-8H2,1-3H3/t9-,10-,17-,18-/m1/s1. The number of phenolic OH excluding ortho intramolecular Hbond substituents is 1. The highest BCUT2D eigenvalue weighted by molar-refractivity contribution is 6.13. The largest absolute Gasteiger partial charge is 0.507 e. The predicted octanol–water partition coefficient (Wildman–Crippen LogP) is 0.676. The number of methoxy groups -OCH3 is 2. The molecule has 4 atom stereocenters. The van der Waals surface area contributed by atoms with Gasteiger partial charge in [-0.3, -0.25) is 9.59 Å². The Labute approximate surface area is 149 Å². The molecular weight excluding hydrogens is 344 g/mol. The zero-order valence-electron chi connectivity index (χ0n) is 14.6. The summed E-state index contributed by atoms with van der Waals surface area (Å²) in [7, 11) is 2.33. The smallest absolute Gasteiger partial charge is 0.343 e. The number of rotatable bonds is 3. The molecule has 1 spiro atoms. The maximum absolute atomic E-state index is 13.3. The average Bonchev–Trinajstić information content (AvgIpc) is 3.05. The predicted molar refractivity (Wildman–Crippen MR) is 86.4 cm³/mol. The zero-order valence-corrected chi connectivity index (χ0v) is 14.6. The van der Waals surface area contributed by atoms with Crippen molar-refractivity contribution in [2.24, 2.45) is 5.41 Å². The second-order valence-electron chi connectivity index (χ2n) is 6.59. The quantitative estimate of drug-likeness (QED) is 0.752. The fourth-order valence-corrected chi connectivity index (χ4v) is 4.23. The maximum atomic E-state index is 13.3. The molecule has 0 saturated carbocycles. The first kappa shape index (κ1) is 18.3. The number of aromatic hydroxyl groups is 1. The van der Waals surface area contributed by atoms with Crippen LogP contribution in [0.15, 0.2) is 18.2 Å². The van der Waals surface area contributed by atoms with Crippen LogP contribution >= 0.6 is 0 Å². The van der Waals surface area contributed by atoms with Gasteiger partial charge in [0.1, 0.15) is 11.2 Å². The number of aliphatic hydroxyl groups is 1. The van der Waals surface area contributed by atoms with Crippen LogP contribution in [-0.4, -0.2) is 54.4 Å². The van der Waals surface area contributed by atoms with E-state index in [0.29, 0.717) is 0 Å². The second kappa shape index (κ2) is 6.07. The molecule has 0 unspecified atom stereocenters. The Hall–Kier alpha value is -2.45. The van der Waals surface area contributed by atoms with E-state index in [0.717, 1.165) is 7.11 Å². The van der Waals surface area contributed by atoms with E-state index in [2.05, 4.69) is 4.74 Å². The van der Waals surface area contributed by atoms with Crippen molar-refractivity contribution >= 4 is 17.7 Å². The normalized spacial score (nSPS) is 32.5. The Morgan fingerprint density at radius 2 is 2.00 bits per heavy atom. The molecule has 1 aromatic rings. The van der Waals surface area contributed by atoms with Crippen molar-refractivity contribution in [1.82, 2.24) is 0 Å². The highest BCUT2D eigenvalue weighted by Crippen LogP contribution is 2.60. The topological polar surface area (TPSA) is 119 Å². The van der Waals surface area contributed by atoms with Crippen LogP contribution in [0.1, 0.15) is 35.7 Å². The number of esters is 2. The third-order valence-electron chi connectivity index (χ3n) is 5.45. The first-order chi connectivity index (χ1) is 12.2. The van der Waals surface area contributed by atoms with Gasteiger partial charge in [-0.2, -0.15) is 0 Å². The molecule has 1 fully saturated rings. The molecule has 26 heavy (non-hydrogen) atoms. The molecule has 1 heterocycles. The van der Waals surface area contributed by atoms with Crippen molar-refractivity contribution in [2.45, 2.75) is 37.6 Å². The van der Waals surface area contributed by atoms with Crippen molar-refractivity contribution in [2.75, 3.05) is 14.2 Å². The monoisotopic (exact) mass is 364 g/mol. The van der Waals surface area contributed by atoms with Gasteiger partial charge in [0.2, 0.25) is 5.60 Å². The van der Waals surface area contributed by atoms with Gasteiger partial charge in [-0.15, -0.1) is 0 Å². The molecule has 1 aliphatic carbocycles. The molecule has 1 saturated heterocycles. The number of hydrogen-bond donors (Lipinski definition) is 2. The summed E-state index contributed by atoms with van der Waals surface area (Å²) in [5, 5.41) is 21.6. The molecule has 1 aliphatic heterocycles. The van der Waals surface area contributed by atoms with E-state index in [1.807, 2.05) is 0 Å². The summed E-state index contributed by atoms with van der Waals surface area (Å²) in [6, 6.07) is 4.14. The zero-order chi connectivity index (χ0) is 19.3. The molecule has 0 amide bonds. The molecular formula is C18H20O8.